The fraction of sp³-hybridized carbons (Fsp3) is 0.667. The fourth-order valence-electron chi connectivity index (χ4n) is 0.678. The zero-order valence-corrected chi connectivity index (χ0v) is 7.03. The minimum Gasteiger partial charge on any atom is -0.461 e. The van der Waals surface area contributed by atoms with Gasteiger partial charge in [0.15, 0.2) is 0 Å². The van der Waals surface area contributed by atoms with E-state index in [-0.39, 0.29) is 11.7 Å². The molecule has 0 aliphatic carbocycles. The molecule has 0 bridgehead atoms. The summed E-state index contributed by atoms with van der Waals surface area (Å²) in [6, 6.07) is 0.275. The monoisotopic (exact) mass is 173 g/mol. The maximum atomic E-state index is 10.8. The van der Waals surface area contributed by atoms with Crippen LogP contribution >= 0.6 is 0 Å². The van der Waals surface area contributed by atoms with Crippen molar-refractivity contribution >= 4 is 0 Å². The van der Waals surface area contributed by atoms with E-state index >= 15 is 0 Å². The summed E-state index contributed by atoms with van der Waals surface area (Å²) in [5.41, 5.74) is -0.289. The van der Waals surface area contributed by atoms with Gasteiger partial charge in [-0.3, -0.25) is 0 Å². The molecule has 0 aliphatic rings. The average molecular weight is 173 g/mol. The minimum atomic E-state index is -0.289. The zero-order chi connectivity index (χ0) is 8.97. The summed E-state index contributed by atoms with van der Waals surface area (Å²) in [4.78, 5) is 10.8. The van der Waals surface area contributed by atoms with Gasteiger partial charge in [-0.25, -0.2) is 14.5 Å². The summed E-state index contributed by atoms with van der Waals surface area (Å²) in [6.45, 7) is 0.857. The van der Waals surface area contributed by atoms with E-state index in [2.05, 4.69) is 10.2 Å². The van der Waals surface area contributed by atoms with E-state index < -0.39 is 0 Å². The Kier molecular flexibility index (Phi) is 2.87. The summed E-state index contributed by atoms with van der Waals surface area (Å²) in [5.74, 6) is 0. The number of ether oxygens (including phenoxy) is 2. The van der Waals surface area contributed by atoms with Crippen molar-refractivity contribution in [1.82, 2.24) is 14.8 Å². The van der Waals surface area contributed by atoms with Crippen molar-refractivity contribution in [3.63, 3.8) is 0 Å². The van der Waals surface area contributed by atoms with Gasteiger partial charge >= 0.3 is 11.7 Å². The largest absolute Gasteiger partial charge is 0.461 e. The highest BCUT2D eigenvalue weighted by Gasteiger charge is 2.03. The Morgan fingerprint density at radius 2 is 2.33 bits per heavy atom. The van der Waals surface area contributed by atoms with Crippen molar-refractivity contribution in [3.8, 4) is 6.01 Å². The second-order valence-electron chi connectivity index (χ2n) is 2.21. The molecule has 0 saturated carbocycles. The van der Waals surface area contributed by atoms with E-state index in [1.807, 2.05) is 0 Å². The standard InChI is InChI=1S/C6H11N3O3/c1-9-5(10)7-8-6(9)12-4-3-11-2/h3-4H2,1-2H3,(H,7,10). The number of hydrogen-bond donors (Lipinski definition) is 1. The van der Waals surface area contributed by atoms with Crippen LogP contribution < -0.4 is 10.4 Å². The molecule has 0 atom stereocenters. The van der Waals surface area contributed by atoms with Gasteiger partial charge in [-0.1, -0.05) is 0 Å². The summed E-state index contributed by atoms with van der Waals surface area (Å²) >= 11 is 0. The molecule has 0 radical (unpaired) electrons. The van der Waals surface area contributed by atoms with E-state index in [1.165, 1.54) is 4.57 Å². The normalized spacial score (nSPS) is 10.2. The first-order chi connectivity index (χ1) is 5.75. The van der Waals surface area contributed by atoms with Crippen LogP contribution in [0, 0.1) is 0 Å². The molecular weight excluding hydrogens is 162 g/mol. The highest BCUT2D eigenvalue weighted by Crippen LogP contribution is 1.97. The van der Waals surface area contributed by atoms with E-state index in [0.29, 0.717) is 13.2 Å². The summed E-state index contributed by atoms with van der Waals surface area (Å²) in [7, 11) is 3.15. The lowest BCUT2D eigenvalue weighted by atomic mass is 10.8. The van der Waals surface area contributed by atoms with Crippen molar-refractivity contribution < 1.29 is 9.47 Å². The third-order valence-electron chi connectivity index (χ3n) is 1.36. The molecule has 6 nitrogen and oxygen atoms in total. The maximum Gasteiger partial charge on any atom is 0.345 e. The third kappa shape index (κ3) is 1.85. The number of methoxy groups -OCH3 is 1. The molecule has 0 aliphatic heterocycles. The Bertz CT molecular complexity index is 290. The SMILES string of the molecule is COCCOc1n[nH]c(=O)n1C. The molecule has 0 spiro atoms. The van der Waals surface area contributed by atoms with Gasteiger partial charge < -0.3 is 9.47 Å². The molecule has 68 valence electrons. The van der Waals surface area contributed by atoms with Crippen LogP contribution in [0.15, 0.2) is 4.79 Å². The second-order valence-corrected chi connectivity index (χ2v) is 2.21. The van der Waals surface area contributed by atoms with Crippen molar-refractivity contribution in [2.75, 3.05) is 20.3 Å². The quantitative estimate of drug-likeness (QED) is 0.601. The molecule has 1 aromatic rings. The van der Waals surface area contributed by atoms with Crippen LogP contribution in [0.2, 0.25) is 0 Å². The Morgan fingerprint density at radius 3 is 2.83 bits per heavy atom. The van der Waals surface area contributed by atoms with Gasteiger partial charge in [-0.05, 0) is 0 Å². The third-order valence-corrected chi connectivity index (χ3v) is 1.36. The van der Waals surface area contributed by atoms with Gasteiger partial charge in [0.2, 0.25) is 0 Å². The van der Waals surface area contributed by atoms with Crippen LogP contribution in [0.3, 0.4) is 0 Å². The molecule has 1 rings (SSSR count). The predicted molar refractivity (Wildman–Crippen MR) is 41.2 cm³/mol. The van der Waals surface area contributed by atoms with Crippen LogP contribution in [0.1, 0.15) is 0 Å². The first-order valence-electron chi connectivity index (χ1n) is 3.49. The van der Waals surface area contributed by atoms with Crippen molar-refractivity contribution in [1.29, 1.82) is 0 Å². The second kappa shape index (κ2) is 3.91. The Hall–Kier alpha value is -1.30. The van der Waals surface area contributed by atoms with E-state index in [9.17, 15) is 4.79 Å². The Morgan fingerprint density at radius 1 is 1.58 bits per heavy atom. The molecule has 0 saturated heterocycles. The molecular formula is C6H11N3O3. The van der Waals surface area contributed by atoms with Crippen LogP contribution in [0.5, 0.6) is 6.01 Å². The Balaban J connectivity index is 2.52. The van der Waals surface area contributed by atoms with Crippen LogP contribution in [-0.2, 0) is 11.8 Å². The van der Waals surface area contributed by atoms with E-state index in [0.717, 1.165) is 0 Å². The molecule has 1 heterocycles. The van der Waals surface area contributed by atoms with Crippen LogP contribution in [0.4, 0.5) is 0 Å². The molecule has 1 aromatic heterocycles. The first kappa shape index (κ1) is 8.79. The van der Waals surface area contributed by atoms with Crippen LogP contribution in [-0.4, -0.2) is 35.1 Å². The van der Waals surface area contributed by atoms with Gasteiger partial charge in [-0.2, -0.15) is 0 Å². The molecule has 0 unspecified atom stereocenters. The molecule has 1 N–H and O–H groups in total. The van der Waals surface area contributed by atoms with Gasteiger partial charge in [0, 0.05) is 14.2 Å². The summed E-state index contributed by atoms with van der Waals surface area (Å²) in [6.07, 6.45) is 0. The number of nitrogens with one attached hydrogen (secondary N) is 1. The maximum absolute atomic E-state index is 10.8. The van der Waals surface area contributed by atoms with E-state index in [4.69, 9.17) is 9.47 Å². The number of rotatable bonds is 4. The molecule has 0 amide bonds. The summed E-state index contributed by atoms with van der Waals surface area (Å²) in [5, 5.41) is 5.89. The lowest BCUT2D eigenvalue weighted by molar-refractivity contribution is 0.138. The lowest BCUT2D eigenvalue weighted by Gasteiger charge is -2.01. The number of aromatic nitrogens is 3. The van der Waals surface area contributed by atoms with Gasteiger partial charge in [-0.15, -0.1) is 5.10 Å². The zero-order valence-electron chi connectivity index (χ0n) is 7.03. The molecule has 0 fully saturated rings. The lowest BCUT2D eigenvalue weighted by Crippen LogP contribution is -2.15. The fourth-order valence-corrected chi connectivity index (χ4v) is 0.678. The topological polar surface area (TPSA) is 69.1 Å². The molecule has 6 heteroatoms. The highest BCUT2D eigenvalue weighted by atomic mass is 16.5. The van der Waals surface area contributed by atoms with Crippen molar-refractivity contribution in [3.05, 3.63) is 10.5 Å². The van der Waals surface area contributed by atoms with Crippen LogP contribution in [0.25, 0.3) is 0 Å². The number of H-pyrrole nitrogens is 1. The van der Waals surface area contributed by atoms with Gasteiger partial charge in [0.1, 0.15) is 6.61 Å². The molecule has 12 heavy (non-hydrogen) atoms. The number of hydrogen-bond acceptors (Lipinski definition) is 4. The van der Waals surface area contributed by atoms with Gasteiger partial charge in [0.05, 0.1) is 6.61 Å². The average Bonchev–Trinajstić information content (AvgIpc) is 2.36. The smallest absolute Gasteiger partial charge is 0.345 e. The highest BCUT2D eigenvalue weighted by molar-refractivity contribution is 4.90. The summed E-state index contributed by atoms with van der Waals surface area (Å²) < 4.78 is 11.1. The van der Waals surface area contributed by atoms with Crippen molar-refractivity contribution in [2.45, 2.75) is 0 Å². The predicted octanol–water partition coefficient (Wildman–Crippen LogP) is -0.866. The molecule has 0 aromatic carbocycles. The number of aromatic amines is 1. The van der Waals surface area contributed by atoms with Gasteiger partial charge in [0.25, 0.3) is 0 Å². The number of nitrogens with zero attached hydrogens (tertiary/aromatic N) is 2. The van der Waals surface area contributed by atoms with Crippen molar-refractivity contribution in [2.24, 2.45) is 7.05 Å². The minimum absolute atomic E-state index is 0.275. The first-order valence-corrected chi connectivity index (χ1v) is 3.49. The Labute approximate surface area is 69.1 Å². The van der Waals surface area contributed by atoms with E-state index in [1.54, 1.807) is 14.2 Å².